The number of fused-ring (bicyclic) bond motifs is 1. The lowest BCUT2D eigenvalue weighted by Gasteiger charge is -2.05. The minimum Gasteiger partial charge on any atom is -0.494 e. The molecule has 0 aliphatic rings. The molecule has 0 saturated heterocycles. The molecule has 1 aromatic carbocycles. The first-order valence-corrected chi connectivity index (χ1v) is 5.98. The summed E-state index contributed by atoms with van der Waals surface area (Å²) in [5.74, 6) is 1.77. The molecule has 3 aromatic rings. The predicted octanol–water partition coefficient (Wildman–Crippen LogP) is 1.77. The molecule has 0 radical (unpaired) electrons. The Kier molecular flexibility index (Phi) is 2.75. The van der Waals surface area contributed by atoms with Crippen LogP contribution in [-0.2, 0) is 0 Å². The lowest BCUT2D eigenvalue weighted by Crippen LogP contribution is -1.98. The molecule has 2 N–H and O–H groups in total. The van der Waals surface area contributed by atoms with Crippen molar-refractivity contribution < 1.29 is 4.74 Å². The molecule has 0 unspecified atom stereocenters. The van der Waals surface area contributed by atoms with E-state index >= 15 is 0 Å². The van der Waals surface area contributed by atoms with E-state index in [9.17, 15) is 0 Å². The van der Waals surface area contributed by atoms with Gasteiger partial charge in [-0.1, -0.05) is 0 Å². The van der Waals surface area contributed by atoms with Crippen molar-refractivity contribution in [2.45, 2.75) is 6.92 Å². The molecule has 0 aliphatic heterocycles. The van der Waals surface area contributed by atoms with E-state index in [-0.39, 0.29) is 5.95 Å². The van der Waals surface area contributed by atoms with Gasteiger partial charge in [-0.25, -0.2) is 4.98 Å². The van der Waals surface area contributed by atoms with E-state index in [1.54, 1.807) is 16.8 Å². The van der Waals surface area contributed by atoms with Crippen LogP contribution in [0, 0.1) is 0 Å². The highest BCUT2D eigenvalue weighted by Crippen LogP contribution is 2.21. The van der Waals surface area contributed by atoms with Crippen LogP contribution >= 0.6 is 0 Å². The Morgan fingerprint density at radius 3 is 2.74 bits per heavy atom. The van der Waals surface area contributed by atoms with Crippen LogP contribution in [0.5, 0.6) is 5.75 Å². The summed E-state index contributed by atoms with van der Waals surface area (Å²) in [7, 11) is 0. The van der Waals surface area contributed by atoms with Crippen LogP contribution in [0.15, 0.2) is 36.5 Å². The Morgan fingerprint density at radius 1 is 1.21 bits per heavy atom. The van der Waals surface area contributed by atoms with Crippen molar-refractivity contribution in [3.05, 3.63) is 36.5 Å². The Hall–Kier alpha value is -2.63. The Bertz CT molecular complexity index is 705. The van der Waals surface area contributed by atoms with E-state index in [1.165, 1.54) is 0 Å². The van der Waals surface area contributed by atoms with E-state index in [2.05, 4.69) is 15.1 Å². The van der Waals surface area contributed by atoms with Crippen LogP contribution in [0.4, 0.5) is 5.95 Å². The largest absolute Gasteiger partial charge is 0.494 e. The zero-order valence-corrected chi connectivity index (χ0v) is 10.4. The van der Waals surface area contributed by atoms with E-state index in [4.69, 9.17) is 10.5 Å². The average molecular weight is 255 g/mol. The molecule has 0 fully saturated rings. The molecule has 0 atom stereocenters. The standard InChI is InChI=1S/C13H13N5O/c1-2-19-10-5-3-9(4-6-10)12-15-8-7-11-16-13(14)17-18(11)12/h3-8H,2H2,1H3,(H2,14,17). The van der Waals surface area contributed by atoms with Crippen molar-refractivity contribution >= 4 is 11.6 Å². The van der Waals surface area contributed by atoms with Gasteiger partial charge in [-0.3, -0.25) is 0 Å². The van der Waals surface area contributed by atoms with Crippen molar-refractivity contribution in [1.29, 1.82) is 0 Å². The highest BCUT2D eigenvalue weighted by atomic mass is 16.5. The van der Waals surface area contributed by atoms with Gasteiger partial charge in [-0.05, 0) is 31.2 Å². The molecule has 6 heteroatoms. The average Bonchev–Trinajstić information content (AvgIpc) is 2.80. The molecule has 6 nitrogen and oxygen atoms in total. The van der Waals surface area contributed by atoms with E-state index in [0.717, 1.165) is 11.3 Å². The van der Waals surface area contributed by atoms with Crippen molar-refractivity contribution in [3.63, 3.8) is 0 Å². The fraction of sp³-hybridized carbons (Fsp3) is 0.154. The molecule has 0 spiro atoms. The van der Waals surface area contributed by atoms with Gasteiger partial charge in [0, 0.05) is 17.8 Å². The summed E-state index contributed by atoms with van der Waals surface area (Å²) in [5.41, 5.74) is 7.22. The first kappa shape index (κ1) is 11.5. The molecule has 0 bridgehead atoms. The fourth-order valence-corrected chi connectivity index (χ4v) is 1.90. The Morgan fingerprint density at radius 2 is 2.00 bits per heavy atom. The van der Waals surface area contributed by atoms with Gasteiger partial charge >= 0.3 is 0 Å². The quantitative estimate of drug-likeness (QED) is 0.771. The number of nitrogen functional groups attached to an aromatic ring is 1. The van der Waals surface area contributed by atoms with Gasteiger partial charge in [-0.2, -0.15) is 9.50 Å². The number of ether oxygens (including phenoxy) is 1. The van der Waals surface area contributed by atoms with Gasteiger partial charge in [0.05, 0.1) is 6.61 Å². The van der Waals surface area contributed by atoms with Gasteiger partial charge in [0.1, 0.15) is 5.75 Å². The number of rotatable bonds is 3. The van der Waals surface area contributed by atoms with Gasteiger partial charge in [-0.15, -0.1) is 5.10 Å². The second kappa shape index (κ2) is 4.56. The van der Waals surface area contributed by atoms with Crippen LogP contribution < -0.4 is 10.5 Å². The highest BCUT2D eigenvalue weighted by Gasteiger charge is 2.08. The smallest absolute Gasteiger partial charge is 0.240 e. The van der Waals surface area contributed by atoms with E-state index < -0.39 is 0 Å². The zero-order valence-electron chi connectivity index (χ0n) is 10.4. The second-order valence-corrected chi connectivity index (χ2v) is 3.97. The van der Waals surface area contributed by atoms with E-state index in [1.807, 2.05) is 31.2 Å². The summed E-state index contributed by atoms with van der Waals surface area (Å²) in [5, 5.41) is 4.14. The normalized spacial score (nSPS) is 10.8. The number of nitrogens with zero attached hydrogens (tertiary/aromatic N) is 4. The summed E-state index contributed by atoms with van der Waals surface area (Å²) in [6.07, 6.45) is 1.69. The van der Waals surface area contributed by atoms with Crippen LogP contribution in [0.1, 0.15) is 6.92 Å². The van der Waals surface area contributed by atoms with Crippen molar-refractivity contribution in [1.82, 2.24) is 19.6 Å². The molecule has 0 amide bonds. The minimum atomic E-state index is 0.236. The number of aromatic nitrogens is 4. The van der Waals surface area contributed by atoms with Crippen molar-refractivity contribution in [3.8, 4) is 17.1 Å². The molecule has 2 heterocycles. The number of hydrogen-bond acceptors (Lipinski definition) is 5. The van der Waals surface area contributed by atoms with Gasteiger partial charge in [0.25, 0.3) is 0 Å². The SMILES string of the molecule is CCOc1ccc(-c2nccc3nc(N)nn23)cc1. The lowest BCUT2D eigenvalue weighted by molar-refractivity contribution is 0.340. The van der Waals surface area contributed by atoms with Gasteiger partial charge in [0.15, 0.2) is 11.5 Å². The minimum absolute atomic E-state index is 0.236. The maximum absolute atomic E-state index is 5.61. The van der Waals surface area contributed by atoms with Crippen LogP contribution in [0.2, 0.25) is 0 Å². The van der Waals surface area contributed by atoms with E-state index in [0.29, 0.717) is 18.1 Å². The summed E-state index contributed by atoms with van der Waals surface area (Å²) in [4.78, 5) is 8.44. The van der Waals surface area contributed by atoms with Crippen LogP contribution in [-0.4, -0.2) is 26.2 Å². The first-order chi connectivity index (χ1) is 9.28. The number of hydrogen-bond donors (Lipinski definition) is 1. The second-order valence-electron chi connectivity index (χ2n) is 3.97. The number of anilines is 1. The van der Waals surface area contributed by atoms with Gasteiger partial charge in [0.2, 0.25) is 5.95 Å². The van der Waals surface area contributed by atoms with Crippen LogP contribution in [0.25, 0.3) is 17.0 Å². The number of benzene rings is 1. The summed E-state index contributed by atoms with van der Waals surface area (Å²) in [6, 6.07) is 9.44. The maximum atomic E-state index is 5.61. The zero-order chi connectivity index (χ0) is 13.2. The predicted molar refractivity (Wildman–Crippen MR) is 71.8 cm³/mol. The topological polar surface area (TPSA) is 78.3 Å². The third-order valence-electron chi connectivity index (χ3n) is 2.69. The molecular formula is C13H13N5O. The third kappa shape index (κ3) is 2.08. The molecule has 19 heavy (non-hydrogen) atoms. The van der Waals surface area contributed by atoms with Crippen molar-refractivity contribution in [2.75, 3.05) is 12.3 Å². The summed E-state index contributed by atoms with van der Waals surface area (Å²) < 4.78 is 7.04. The molecule has 0 saturated carbocycles. The molecule has 0 aliphatic carbocycles. The summed E-state index contributed by atoms with van der Waals surface area (Å²) in [6.45, 7) is 2.60. The molecule has 96 valence electrons. The Balaban J connectivity index is 2.08. The molecule has 3 rings (SSSR count). The molecule has 2 aromatic heterocycles. The Labute approximate surface area is 109 Å². The maximum Gasteiger partial charge on any atom is 0.240 e. The van der Waals surface area contributed by atoms with Crippen molar-refractivity contribution in [2.24, 2.45) is 0 Å². The third-order valence-corrected chi connectivity index (χ3v) is 2.69. The van der Waals surface area contributed by atoms with Crippen LogP contribution in [0.3, 0.4) is 0 Å². The molecular weight excluding hydrogens is 242 g/mol. The monoisotopic (exact) mass is 255 g/mol. The highest BCUT2D eigenvalue weighted by molar-refractivity contribution is 5.60. The van der Waals surface area contributed by atoms with Gasteiger partial charge < -0.3 is 10.5 Å². The fourth-order valence-electron chi connectivity index (χ4n) is 1.90. The first-order valence-electron chi connectivity index (χ1n) is 5.98. The lowest BCUT2D eigenvalue weighted by atomic mass is 10.2. The number of nitrogens with two attached hydrogens (primary N) is 1. The summed E-state index contributed by atoms with van der Waals surface area (Å²) >= 11 is 0.